The molecule has 1 unspecified atom stereocenters. The molecule has 0 spiro atoms. The van der Waals surface area contributed by atoms with Crippen molar-refractivity contribution in [2.45, 2.75) is 45.4 Å². The van der Waals surface area contributed by atoms with Crippen molar-refractivity contribution in [2.24, 2.45) is 0 Å². The first-order chi connectivity index (χ1) is 20.7. The molecule has 1 amide bonds. The fourth-order valence-corrected chi connectivity index (χ4v) is 5.03. The number of nitrogens with zero attached hydrogens (tertiary/aromatic N) is 3. The summed E-state index contributed by atoms with van der Waals surface area (Å²) in [4.78, 5) is 46.9. The SMILES string of the molecule is [3H]c1cccc(COn2c(=O)c3cc(F)c(N4CCCC4NC(=O)OCCCC)cc3n(-c3ccc(F)c(Cl)c3)c2=O)c1. The van der Waals surface area contributed by atoms with E-state index in [0.717, 1.165) is 23.1 Å². The van der Waals surface area contributed by atoms with Gasteiger partial charge in [-0.2, -0.15) is 0 Å². The van der Waals surface area contributed by atoms with Gasteiger partial charge in [-0.05, 0) is 55.2 Å². The topological polar surface area (TPSA) is 94.8 Å². The number of anilines is 1. The molecule has 1 aromatic heterocycles. The molecule has 1 N–H and O–H groups in total. The number of aromatic nitrogens is 2. The van der Waals surface area contributed by atoms with Crippen LogP contribution < -0.4 is 26.3 Å². The number of rotatable bonds is 9. The summed E-state index contributed by atoms with van der Waals surface area (Å²) in [5.74, 6) is -1.47. The maximum atomic E-state index is 15.7. The number of alkyl carbamates (subject to hydrolysis) is 1. The quantitative estimate of drug-likeness (QED) is 0.267. The largest absolute Gasteiger partial charge is 0.450 e. The summed E-state index contributed by atoms with van der Waals surface area (Å²) < 4.78 is 44.4. The predicted molar refractivity (Wildman–Crippen MR) is 155 cm³/mol. The van der Waals surface area contributed by atoms with Crippen LogP contribution in [0.4, 0.5) is 19.3 Å². The molecule has 1 saturated heterocycles. The predicted octanol–water partition coefficient (Wildman–Crippen LogP) is 5.17. The highest BCUT2D eigenvalue weighted by atomic mass is 35.5. The molecule has 220 valence electrons. The zero-order valence-corrected chi connectivity index (χ0v) is 23.5. The summed E-state index contributed by atoms with van der Waals surface area (Å²) >= 11 is 6.04. The minimum absolute atomic E-state index is 0.0262. The Labute approximate surface area is 246 Å². The highest BCUT2D eigenvalue weighted by Crippen LogP contribution is 2.31. The van der Waals surface area contributed by atoms with Gasteiger partial charge in [-0.15, -0.1) is 0 Å². The molecular weight excluding hydrogens is 570 g/mol. The monoisotopic (exact) mass is 600 g/mol. The molecule has 0 saturated carbocycles. The number of amides is 1. The molecule has 12 heteroatoms. The van der Waals surface area contributed by atoms with Crippen LogP contribution in [0.3, 0.4) is 0 Å². The highest BCUT2D eigenvalue weighted by Gasteiger charge is 2.30. The van der Waals surface area contributed by atoms with Crippen LogP contribution in [0.2, 0.25) is 5.02 Å². The van der Waals surface area contributed by atoms with Crippen LogP contribution in [-0.4, -0.2) is 34.7 Å². The number of nitrogens with one attached hydrogen (secondary N) is 1. The fraction of sp³-hybridized carbons (Fsp3) is 0.300. The Morgan fingerprint density at radius 2 is 1.98 bits per heavy atom. The van der Waals surface area contributed by atoms with Gasteiger partial charge in [-0.25, -0.2) is 18.4 Å². The van der Waals surface area contributed by atoms with Crippen molar-refractivity contribution in [1.82, 2.24) is 14.6 Å². The summed E-state index contributed by atoms with van der Waals surface area (Å²) in [6.07, 6.45) is 1.53. The van der Waals surface area contributed by atoms with E-state index in [2.05, 4.69) is 5.32 Å². The minimum Gasteiger partial charge on any atom is -0.450 e. The van der Waals surface area contributed by atoms with E-state index in [9.17, 15) is 18.8 Å². The summed E-state index contributed by atoms with van der Waals surface area (Å²) in [6.45, 7) is 2.40. The lowest BCUT2D eigenvalue weighted by atomic mass is 10.1. The molecule has 42 heavy (non-hydrogen) atoms. The van der Waals surface area contributed by atoms with Gasteiger partial charge >= 0.3 is 11.8 Å². The van der Waals surface area contributed by atoms with E-state index < -0.39 is 35.1 Å². The molecule has 1 aliphatic heterocycles. The molecule has 4 aromatic rings. The third kappa shape index (κ3) is 5.96. The van der Waals surface area contributed by atoms with E-state index in [4.69, 9.17) is 22.5 Å². The molecular formula is C30H29ClF2N4O5. The van der Waals surface area contributed by atoms with Crippen LogP contribution >= 0.6 is 11.6 Å². The number of unbranched alkanes of at least 4 members (excludes halogenated alkanes) is 1. The third-order valence-corrected chi connectivity index (χ3v) is 7.25. The molecule has 1 atom stereocenters. The van der Waals surface area contributed by atoms with Crippen molar-refractivity contribution in [1.29, 1.82) is 0 Å². The molecule has 1 aliphatic rings. The van der Waals surface area contributed by atoms with Crippen molar-refractivity contribution < 1.29 is 24.5 Å². The number of benzene rings is 3. The van der Waals surface area contributed by atoms with Crippen molar-refractivity contribution in [3.8, 4) is 5.69 Å². The number of halogens is 3. The molecule has 3 aromatic carbocycles. The number of hydrogen-bond acceptors (Lipinski definition) is 6. The number of carbonyl (C=O) groups excluding carboxylic acids is 1. The Hall–Kier alpha value is -4.38. The summed E-state index contributed by atoms with van der Waals surface area (Å²) in [7, 11) is 0. The first-order valence-corrected chi connectivity index (χ1v) is 13.9. The zero-order valence-electron chi connectivity index (χ0n) is 23.7. The maximum Gasteiger partial charge on any atom is 0.408 e. The van der Waals surface area contributed by atoms with E-state index in [1.54, 1.807) is 23.1 Å². The Morgan fingerprint density at radius 1 is 1.14 bits per heavy atom. The molecule has 1 fully saturated rings. The first-order valence-electron chi connectivity index (χ1n) is 14.0. The van der Waals surface area contributed by atoms with Crippen LogP contribution in [0.5, 0.6) is 0 Å². The summed E-state index contributed by atoms with van der Waals surface area (Å²) in [5.41, 5.74) is -1.13. The highest BCUT2D eigenvalue weighted by molar-refractivity contribution is 6.30. The smallest absolute Gasteiger partial charge is 0.408 e. The van der Waals surface area contributed by atoms with Crippen LogP contribution in [0.1, 0.15) is 39.5 Å². The van der Waals surface area contributed by atoms with E-state index in [-0.39, 0.29) is 46.6 Å². The van der Waals surface area contributed by atoms with Crippen molar-refractivity contribution >= 4 is 34.3 Å². The van der Waals surface area contributed by atoms with Gasteiger partial charge in [0.15, 0.2) is 0 Å². The fourth-order valence-electron chi connectivity index (χ4n) is 4.86. The van der Waals surface area contributed by atoms with Crippen molar-refractivity contribution in [3.05, 3.63) is 104 Å². The molecule has 9 nitrogen and oxygen atoms in total. The van der Waals surface area contributed by atoms with Gasteiger partial charge in [0.05, 0.1) is 35.3 Å². The number of ether oxygens (including phenoxy) is 1. The third-order valence-electron chi connectivity index (χ3n) is 6.96. The number of carbonyl (C=O) groups is 1. The van der Waals surface area contributed by atoms with Crippen molar-refractivity contribution in [3.63, 3.8) is 0 Å². The van der Waals surface area contributed by atoms with Gasteiger partial charge in [0.1, 0.15) is 24.4 Å². The summed E-state index contributed by atoms with van der Waals surface area (Å²) in [6, 6.07) is 12.5. The van der Waals surface area contributed by atoms with Crippen LogP contribution in [0.25, 0.3) is 16.6 Å². The van der Waals surface area contributed by atoms with Gasteiger partial charge in [-0.1, -0.05) is 60.0 Å². The Kier molecular flexibility index (Phi) is 8.36. The Balaban J connectivity index is 1.61. The average molecular weight is 601 g/mol. The lowest BCUT2D eigenvalue weighted by Crippen LogP contribution is -2.45. The van der Waals surface area contributed by atoms with Crippen LogP contribution in [-0.2, 0) is 11.3 Å². The lowest BCUT2D eigenvalue weighted by molar-refractivity contribution is 0.0789. The van der Waals surface area contributed by atoms with Crippen LogP contribution in [0.15, 0.2) is 70.2 Å². The standard InChI is InChI=1S/C30H29ClF2N4O5/c1-2-3-14-41-29(39)34-27-10-7-13-35(27)26-17-25-21(16-24(26)33)28(38)37(42-18-19-8-5-4-6-9-19)30(40)36(25)20-11-12-23(32)22(31)15-20/h4-6,8-9,11-12,15-17,27H,2-3,7,10,13-14,18H2,1H3,(H,34,39)/i5T. The van der Waals surface area contributed by atoms with Crippen molar-refractivity contribution in [2.75, 3.05) is 18.1 Å². The maximum absolute atomic E-state index is 15.7. The minimum atomic E-state index is -0.935. The molecule has 0 aliphatic carbocycles. The molecule has 2 heterocycles. The van der Waals surface area contributed by atoms with Gasteiger partial charge < -0.3 is 19.8 Å². The zero-order chi connectivity index (χ0) is 30.7. The van der Waals surface area contributed by atoms with Gasteiger partial charge in [-0.3, -0.25) is 9.36 Å². The second kappa shape index (κ2) is 12.6. The van der Waals surface area contributed by atoms with Gasteiger partial charge in [0.25, 0.3) is 5.56 Å². The van der Waals surface area contributed by atoms with Crippen LogP contribution in [0, 0.1) is 11.6 Å². The first kappa shape index (κ1) is 27.8. The van der Waals surface area contributed by atoms with E-state index in [0.29, 0.717) is 36.1 Å². The summed E-state index contributed by atoms with van der Waals surface area (Å²) in [5, 5.41) is 2.31. The number of hydrogen-bond donors (Lipinski definition) is 1. The van der Waals surface area contributed by atoms with Gasteiger partial charge in [0.2, 0.25) is 0 Å². The Bertz CT molecular complexity index is 1800. The Morgan fingerprint density at radius 3 is 2.74 bits per heavy atom. The second-order valence-corrected chi connectivity index (χ2v) is 10.2. The van der Waals surface area contributed by atoms with E-state index >= 15 is 4.39 Å². The lowest BCUT2D eigenvalue weighted by Gasteiger charge is -2.28. The van der Waals surface area contributed by atoms with E-state index in [1.807, 2.05) is 6.92 Å². The van der Waals surface area contributed by atoms with Gasteiger partial charge in [0, 0.05) is 6.54 Å². The second-order valence-electron chi connectivity index (χ2n) is 9.81. The molecule has 0 radical (unpaired) electrons. The van der Waals surface area contributed by atoms with E-state index in [1.165, 1.54) is 24.3 Å². The normalized spacial score (nSPS) is 15.1. The average Bonchev–Trinajstić information content (AvgIpc) is 3.42. The molecule has 5 rings (SSSR count). The number of fused-ring (bicyclic) bond motifs is 1. The molecule has 0 bridgehead atoms.